The van der Waals surface area contributed by atoms with E-state index in [4.69, 9.17) is 4.74 Å². The Labute approximate surface area is 170 Å². The SMILES string of the molecule is CCCNC(=NC)NCCCN1CCN(C(=O)OC(C)(C)C)CC1.I. The number of nitrogens with zero attached hydrogens (tertiary/aromatic N) is 3. The third kappa shape index (κ3) is 10.7. The molecule has 0 aromatic carbocycles. The number of carbonyl (C=O) groups is 1. The van der Waals surface area contributed by atoms with Crippen molar-refractivity contribution in [2.24, 2.45) is 4.99 Å². The molecule has 0 atom stereocenters. The second-order valence-electron chi connectivity index (χ2n) is 7.09. The van der Waals surface area contributed by atoms with Gasteiger partial charge in [-0.05, 0) is 40.2 Å². The third-order valence-electron chi connectivity index (χ3n) is 3.73. The van der Waals surface area contributed by atoms with Gasteiger partial charge in [0.2, 0.25) is 0 Å². The highest BCUT2D eigenvalue weighted by Gasteiger charge is 2.25. The van der Waals surface area contributed by atoms with Crippen molar-refractivity contribution in [3.05, 3.63) is 0 Å². The smallest absolute Gasteiger partial charge is 0.410 e. The number of aliphatic imine (C=N–C) groups is 1. The lowest BCUT2D eigenvalue weighted by Crippen LogP contribution is -2.50. The summed E-state index contributed by atoms with van der Waals surface area (Å²) in [4.78, 5) is 20.4. The molecule has 0 unspecified atom stereocenters. The Hall–Kier alpha value is -0.770. The summed E-state index contributed by atoms with van der Waals surface area (Å²) < 4.78 is 5.42. The zero-order chi connectivity index (χ0) is 18.0. The van der Waals surface area contributed by atoms with Crippen molar-refractivity contribution in [1.29, 1.82) is 0 Å². The summed E-state index contributed by atoms with van der Waals surface area (Å²) in [6, 6.07) is 0. The molecule has 1 rings (SSSR count). The van der Waals surface area contributed by atoms with Crippen LogP contribution in [0.4, 0.5) is 4.79 Å². The van der Waals surface area contributed by atoms with Crippen molar-refractivity contribution in [1.82, 2.24) is 20.4 Å². The topological polar surface area (TPSA) is 69.2 Å². The van der Waals surface area contributed by atoms with Crippen LogP contribution in [0.15, 0.2) is 4.99 Å². The van der Waals surface area contributed by atoms with Gasteiger partial charge in [-0.3, -0.25) is 9.89 Å². The van der Waals surface area contributed by atoms with E-state index in [1.54, 1.807) is 11.9 Å². The van der Waals surface area contributed by atoms with E-state index < -0.39 is 5.60 Å². The second-order valence-corrected chi connectivity index (χ2v) is 7.09. The fraction of sp³-hybridized carbons (Fsp3) is 0.882. The second kappa shape index (κ2) is 12.6. The maximum absolute atomic E-state index is 12.0. The van der Waals surface area contributed by atoms with Crippen LogP contribution in [0.1, 0.15) is 40.5 Å². The van der Waals surface area contributed by atoms with Gasteiger partial charge in [0.25, 0.3) is 0 Å². The average Bonchev–Trinajstić information content (AvgIpc) is 2.53. The zero-order valence-corrected chi connectivity index (χ0v) is 18.8. The first kappa shape index (κ1) is 24.2. The molecule has 0 radical (unpaired) electrons. The molecule has 1 amide bonds. The molecule has 1 aliphatic heterocycles. The van der Waals surface area contributed by atoms with Crippen LogP contribution >= 0.6 is 24.0 Å². The number of halogens is 1. The Balaban J connectivity index is 0.00000576. The zero-order valence-electron chi connectivity index (χ0n) is 16.4. The van der Waals surface area contributed by atoms with Crippen molar-refractivity contribution in [2.75, 3.05) is 52.9 Å². The minimum Gasteiger partial charge on any atom is -0.444 e. The van der Waals surface area contributed by atoms with E-state index in [-0.39, 0.29) is 30.1 Å². The van der Waals surface area contributed by atoms with Crippen molar-refractivity contribution in [3.8, 4) is 0 Å². The first-order chi connectivity index (χ1) is 11.4. The van der Waals surface area contributed by atoms with Crippen molar-refractivity contribution in [3.63, 3.8) is 0 Å². The summed E-state index contributed by atoms with van der Waals surface area (Å²) in [6.07, 6.45) is 1.94. The summed E-state index contributed by atoms with van der Waals surface area (Å²) in [7, 11) is 1.79. The first-order valence-corrected chi connectivity index (χ1v) is 9.00. The van der Waals surface area contributed by atoms with Crippen LogP contribution in [0.5, 0.6) is 0 Å². The van der Waals surface area contributed by atoms with E-state index in [0.717, 1.165) is 64.6 Å². The Morgan fingerprint density at radius 2 is 1.72 bits per heavy atom. The van der Waals surface area contributed by atoms with Gasteiger partial charge < -0.3 is 20.3 Å². The molecule has 0 aromatic heterocycles. The maximum atomic E-state index is 12.0. The van der Waals surface area contributed by atoms with E-state index in [1.807, 2.05) is 20.8 Å². The molecule has 0 bridgehead atoms. The van der Waals surface area contributed by atoms with Gasteiger partial charge in [0.15, 0.2) is 5.96 Å². The predicted molar refractivity (Wildman–Crippen MR) is 114 cm³/mol. The van der Waals surface area contributed by atoms with Gasteiger partial charge in [-0.1, -0.05) is 6.92 Å². The number of carbonyl (C=O) groups excluding carboxylic acids is 1. The average molecular weight is 469 g/mol. The Bertz CT molecular complexity index is 404. The number of hydrogen-bond acceptors (Lipinski definition) is 4. The molecule has 2 N–H and O–H groups in total. The molecule has 148 valence electrons. The van der Waals surface area contributed by atoms with E-state index in [1.165, 1.54) is 0 Å². The summed E-state index contributed by atoms with van der Waals surface area (Å²) in [5.41, 5.74) is -0.426. The van der Waals surface area contributed by atoms with Crippen LogP contribution in [0.2, 0.25) is 0 Å². The van der Waals surface area contributed by atoms with Crippen molar-refractivity contribution >= 4 is 36.0 Å². The number of ether oxygens (including phenoxy) is 1. The number of nitrogens with one attached hydrogen (secondary N) is 2. The molecule has 1 fully saturated rings. The maximum Gasteiger partial charge on any atom is 0.410 e. The van der Waals surface area contributed by atoms with E-state index in [2.05, 4.69) is 27.4 Å². The Kier molecular flexibility index (Phi) is 12.2. The molecule has 1 saturated heterocycles. The first-order valence-electron chi connectivity index (χ1n) is 9.00. The van der Waals surface area contributed by atoms with Gasteiger partial charge in [-0.25, -0.2) is 4.79 Å². The standard InChI is InChI=1S/C17H35N5O2.HI/c1-6-8-19-15(18-5)20-9-7-10-21-11-13-22(14-12-21)16(23)24-17(2,3)4;/h6-14H2,1-5H3,(H2,18,19,20);1H. The summed E-state index contributed by atoms with van der Waals surface area (Å²) in [6.45, 7) is 14.0. The predicted octanol–water partition coefficient (Wildman–Crippen LogP) is 2.12. The van der Waals surface area contributed by atoms with Gasteiger partial charge in [0.1, 0.15) is 5.60 Å². The molecule has 1 heterocycles. The van der Waals surface area contributed by atoms with Crippen LogP contribution in [-0.2, 0) is 4.74 Å². The minimum absolute atomic E-state index is 0. The molecule has 8 heteroatoms. The van der Waals surface area contributed by atoms with Crippen LogP contribution in [0.3, 0.4) is 0 Å². The number of guanidine groups is 1. The molecule has 0 saturated carbocycles. The molecular formula is C17H36IN5O2. The van der Waals surface area contributed by atoms with Crippen molar-refractivity contribution in [2.45, 2.75) is 46.1 Å². The monoisotopic (exact) mass is 469 g/mol. The van der Waals surface area contributed by atoms with E-state index in [0.29, 0.717) is 0 Å². The van der Waals surface area contributed by atoms with E-state index >= 15 is 0 Å². The number of hydrogen-bond donors (Lipinski definition) is 2. The minimum atomic E-state index is -0.426. The number of piperazine rings is 1. The fourth-order valence-corrected chi connectivity index (χ4v) is 2.45. The molecule has 0 aromatic rings. The molecule has 0 spiro atoms. The van der Waals surface area contributed by atoms with Gasteiger partial charge in [0, 0.05) is 46.3 Å². The Morgan fingerprint density at radius 3 is 2.24 bits per heavy atom. The third-order valence-corrected chi connectivity index (χ3v) is 3.73. The summed E-state index contributed by atoms with van der Waals surface area (Å²) in [5, 5.41) is 6.59. The molecule has 7 nitrogen and oxygen atoms in total. The van der Waals surface area contributed by atoms with Gasteiger partial charge in [0.05, 0.1) is 0 Å². The Morgan fingerprint density at radius 1 is 1.12 bits per heavy atom. The lowest BCUT2D eigenvalue weighted by atomic mass is 10.2. The lowest BCUT2D eigenvalue weighted by molar-refractivity contribution is 0.0145. The fourth-order valence-electron chi connectivity index (χ4n) is 2.45. The van der Waals surface area contributed by atoms with Gasteiger partial charge in [-0.15, -0.1) is 24.0 Å². The summed E-state index contributed by atoms with van der Waals surface area (Å²) in [5.74, 6) is 0.867. The highest BCUT2D eigenvalue weighted by atomic mass is 127. The van der Waals surface area contributed by atoms with Crippen molar-refractivity contribution < 1.29 is 9.53 Å². The molecule has 1 aliphatic rings. The van der Waals surface area contributed by atoms with Gasteiger partial charge in [-0.2, -0.15) is 0 Å². The highest BCUT2D eigenvalue weighted by molar-refractivity contribution is 14.0. The highest BCUT2D eigenvalue weighted by Crippen LogP contribution is 2.11. The van der Waals surface area contributed by atoms with Crippen LogP contribution < -0.4 is 10.6 Å². The molecule has 25 heavy (non-hydrogen) atoms. The quantitative estimate of drug-likeness (QED) is 0.270. The molecule has 0 aliphatic carbocycles. The molecular weight excluding hydrogens is 433 g/mol. The van der Waals surface area contributed by atoms with Crippen LogP contribution in [0.25, 0.3) is 0 Å². The van der Waals surface area contributed by atoms with E-state index in [9.17, 15) is 4.79 Å². The van der Waals surface area contributed by atoms with Crippen LogP contribution in [-0.4, -0.2) is 80.3 Å². The normalized spacial score (nSPS) is 16.2. The number of amides is 1. The largest absolute Gasteiger partial charge is 0.444 e. The van der Waals surface area contributed by atoms with Gasteiger partial charge >= 0.3 is 6.09 Å². The van der Waals surface area contributed by atoms with Crippen LogP contribution in [0, 0.1) is 0 Å². The lowest BCUT2D eigenvalue weighted by Gasteiger charge is -2.35. The number of rotatable bonds is 6. The summed E-state index contributed by atoms with van der Waals surface area (Å²) >= 11 is 0.